The SMILES string of the molecule is CCOP(=O)(COc1c2c(c(O)c3ncccc13)C(=O)N(Cc1ccc(F)cc1)C2)OCC.CCOP(=O)(COc1c2c(c(O)c3ncccc13)C(=O)N(Cc1ccc(F)cc1)C2O)OCC. The van der Waals surface area contributed by atoms with Crippen LogP contribution in [0, 0.1) is 11.6 Å². The number of pyridine rings is 2. The van der Waals surface area contributed by atoms with Gasteiger partial charge in [-0.25, -0.2) is 8.78 Å². The minimum Gasteiger partial charge on any atom is -0.505 e. The Balaban J connectivity index is 0.000000199. The number of hydrogen-bond donors (Lipinski definition) is 3. The molecule has 17 nitrogen and oxygen atoms in total. The largest absolute Gasteiger partial charge is 0.505 e. The normalized spacial score (nSPS) is 14.6. The van der Waals surface area contributed by atoms with Gasteiger partial charge in [0.05, 0.1) is 49.7 Å². The highest BCUT2D eigenvalue weighted by Crippen LogP contribution is 2.53. The molecular formula is C46H48F2N4O13P2. The maximum Gasteiger partial charge on any atom is 0.367 e. The number of aromatic hydroxyl groups is 2. The minimum atomic E-state index is -3.63. The molecule has 2 amide bonds. The molecule has 0 bridgehead atoms. The molecule has 354 valence electrons. The summed E-state index contributed by atoms with van der Waals surface area (Å²) >= 11 is 0. The van der Waals surface area contributed by atoms with Gasteiger partial charge in [-0.1, -0.05) is 24.3 Å². The molecule has 2 aliphatic rings. The Morgan fingerprint density at radius 2 is 1.09 bits per heavy atom. The smallest absolute Gasteiger partial charge is 0.367 e. The number of amides is 2. The number of benzene rings is 4. The molecule has 2 aromatic heterocycles. The lowest BCUT2D eigenvalue weighted by molar-refractivity contribution is 0.0127. The van der Waals surface area contributed by atoms with Crippen LogP contribution < -0.4 is 9.47 Å². The molecule has 67 heavy (non-hydrogen) atoms. The fourth-order valence-electron chi connectivity index (χ4n) is 7.77. The van der Waals surface area contributed by atoms with E-state index < -0.39 is 51.1 Å². The predicted octanol–water partition coefficient (Wildman–Crippen LogP) is 9.17. The third-order valence-corrected chi connectivity index (χ3v) is 14.1. The minimum absolute atomic E-state index is 0.0182. The van der Waals surface area contributed by atoms with Crippen LogP contribution in [-0.4, -0.2) is 86.0 Å². The monoisotopic (exact) mass is 964 g/mol. The highest BCUT2D eigenvalue weighted by molar-refractivity contribution is 7.53. The summed E-state index contributed by atoms with van der Waals surface area (Å²) in [5.74, 6) is -2.16. The molecule has 2 aliphatic heterocycles. The second-order valence-electron chi connectivity index (χ2n) is 15.0. The summed E-state index contributed by atoms with van der Waals surface area (Å²) in [6.45, 7) is 7.67. The van der Waals surface area contributed by atoms with Crippen LogP contribution in [-0.2, 0) is 46.9 Å². The van der Waals surface area contributed by atoms with Crippen molar-refractivity contribution in [2.75, 3.05) is 39.1 Å². The van der Waals surface area contributed by atoms with Crippen molar-refractivity contribution >= 4 is 48.8 Å². The number of rotatable bonds is 18. The van der Waals surface area contributed by atoms with Crippen molar-refractivity contribution < 1.29 is 70.4 Å². The Hall–Kier alpha value is -6.04. The first-order valence-corrected chi connectivity index (χ1v) is 24.7. The summed E-state index contributed by atoms with van der Waals surface area (Å²) in [4.78, 5) is 37.5. The zero-order valence-electron chi connectivity index (χ0n) is 36.9. The Kier molecular flexibility index (Phi) is 15.2. The molecule has 6 aromatic rings. The van der Waals surface area contributed by atoms with Crippen molar-refractivity contribution in [2.45, 2.75) is 53.6 Å². The Labute approximate surface area is 383 Å². The number of ether oxygens (including phenoxy) is 2. The summed E-state index contributed by atoms with van der Waals surface area (Å²) in [5, 5.41) is 33.6. The molecule has 4 aromatic carbocycles. The number of carbonyl (C=O) groups excluding carboxylic acids is 2. The van der Waals surface area contributed by atoms with Gasteiger partial charge in [0.25, 0.3) is 11.8 Å². The van der Waals surface area contributed by atoms with Gasteiger partial charge in [-0.15, -0.1) is 0 Å². The third-order valence-electron chi connectivity index (χ3n) is 10.6. The zero-order valence-corrected chi connectivity index (χ0v) is 38.7. The molecular weight excluding hydrogens is 916 g/mol. The van der Waals surface area contributed by atoms with Gasteiger partial charge in [0.2, 0.25) is 0 Å². The molecule has 0 spiro atoms. The first kappa shape index (κ1) is 48.9. The standard InChI is InChI=1S/C23H24FN2O7P.C23H24FN2O6P/c1-3-32-34(30,33-4-2)13-31-21-16-6-5-11-25-19(16)20(27)17-18(21)23(29)26(22(17)28)12-14-7-9-15(24)10-8-14;1-3-31-33(29,32-4-2)14-30-22-17-6-5-11-25-20(17)21(27)19-18(22)13-26(23(19)28)12-15-7-9-16(24)10-8-15/h5-11,23,27,29H,3-4,12-13H2,1-2H3;5-11,27H,3-4,12-14H2,1-2H3. The van der Waals surface area contributed by atoms with Crippen molar-refractivity contribution in [1.82, 2.24) is 19.8 Å². The number of aliphatic hydroxyl groups excluding tert-OH is 1. The molecule has 21 heteroatoms. The summed E-state index contributed by atoms with van der Waals surface area (Å²) in [5.41, 5.74) is 1.99. The Bertz CT molecular complexity index is 2870. The van der Waals surface area contributed by atoms with Gasteiger partial charge in [-0.05, 0) is 87.4 Å². The van der Waals surface area contributed by atoms with Crippen LogP contribution in [0.2, 0.25) is 0 Å². The topological polar surface area (TPSA) is 217 Å². The van der Waals surface area contributed by atoms with E-state index in [1.807, 2.05) is 0 Å². The van der Waals surface area contributed by atoms with E-state index in [4.69, 9.17) is 27.6 Å². The van der Waals surface area contributed by atoms with Crippen molar-refractivity contribution in [3.05, 3.63) is 130 Å². The van der Waals surface area contributed by atoms with E-state index in [9.17, 15) is 42.8 Å². The van der Waals surface area contributed by atoms with E-state index in [2.05, 4.69) is 9.97 Å². The number of phenols is 2. The first-order valence-electron chi connectivity index (χ1n) is 21.2. The third kappa shape index (κ3) is 10.3. The lowest BCUT2D eigenvalue weighted by Gasteiger charge is -2.23. The average Bonchev–Trinajstić information content (AvgIpc) is 3.76. The zero-order chi connectivity index (χ0) is 48.0. The van der Waals surface area contributed by atoms with Gasteiger partial charge in [0.15, 0.2) is 30.4 Å². The van der Waals surface area contributed by atoms with Gasteiger partial charge in [0, 0.05) is 41.8 Å². The first-order chi connectivity index (χ1) is 32.2. The molecule has 1 unspecified atom stereocenters. The molecule has 8 rings (SSSR count). The number of phenolic OH excluding ortho intramolecular Hbond substituents is 2. The van der Waals surface area contributed by atoms with Gasteiger partial charge in [0.1, 0.15) is 34.2 Å². The molecule has 1 atom stereocenters. The number of halogens is 2. The molecule has 0 aliphatic carbocycles. The van der Waals surface area contributed by atoms with Gasteiger partial charge >= 0.3 is 15.2 Å². The molecule has 0 fully saturated rings. The van der Waals surface area contributed by atoms with Crippen LogP contribution in [0.1, 0.15) is 76.9 Å². The van der Waals surface area contributed by atoms with Gasteiger partial charge in [-0.3, -0.25) is 28.7 Å². The summed E-state index contributed by atoms with van der Waals surface area (Å²) < 4.78 is 85.5. The van der Waals surface area contributed by atoms with E-state index in [-0.39, 0.29) is 97.4 Å². The maximum absolute atomic E-state index is 13.3. The predicted molar refractivity (Wildman–Crippen MR) is 241 cm³/mol. The number of fused-ring (bicyclic) bond motifs is 4. The van der Waals surface area contributed by atoms with Crippen molar-refractivity contribution in [1.29, 1.82) is 0 Å². The maximum atomic E-state index is 13.3. The van der Waals surface area contributed by atoms with Crippen LogP contribution in [0.4, 0.5) is 8.78 Å². The van der Waals surface area contributed by atoms with Crippen LogP contribution in [0.25, 0.3) is 21.8 Å². The van der Waals surface area contributed by atoms with Gasteiger partial charge in [-0.2, -0.15) is 0 Å². The second-order valence-corrected chi connectivity index (χ2v) is 19.0. The lowest BCUT2D eigenvalue weighted by atomic mass is 10.0. The summed E-state index contributed by atoms with van der Waals surface area (Å²) in [7, 11) is -7.16. The second kappa shape index (κ2) is 20.9. The van der Waals surface area contributed by atoms with E-state index >= 15 is 0 Å². The number of carbonyl (C=O) groups is 2. The Morgan fingerprint density at radius 3 is 1.58 bits per heavy atom. The van der Waals surface area contributed by atoms with E-state index in [0.717, 1.165) is 10.5 Å². The van der Waals surface area contributed by atoms with E-state index in [1.165, 1.54) is 53.7 Å². The van der Waals surface area contributed by atoms with Crippen LogP contribution in [0.5, 0.6) is 23.0 Å². The fourth-order valence-corrected chi connectivity index (χ4v) is 10.4. The number of aliphatic hydroxyl groups is 1. The summed E-state index contributed by atoms with van der Waals surface area (Å²) in [6, 6.07) is 17.9. The van der Waals surface area contributed by atoms with Crippen LogP contribution >= 0.6 is 15.2 Å². The summed E-state index contributed by atoms with van der Waals surface area (Å²) in [6.07, 6.45) is 0.614. The van der Waals surface area contributed by atoms with E-state index in [1.54, 1.807) is 64.1 Å². The molecule has 4 heterocycles. The van der Waals surface area contributed by atoms with Crippen molar-refractivity contribution in [3.8, 4) is 23.0 Å². The molecule has 0 radical (unpaired) electrons. The molecule has 0 saturated heterocycles. The highest BCUT2D eigenvalue weighted by atomic mass is 31.2. The van der Waals surface area contributed by atoms with Crippen LogP contribution in [0.3, 0.4) is 0 Å². The highest BCUT2D eigenvalue weighted by Gasteiger charge is 2.43. The lowest BCUT2D eigenvalue weighted by Crippen LogP contribution is -2.27. The average molecular weight is 965 g/mol. The number of nitrogens with zero attached hydrogens (tertiary/aromatic N) is 4. The van der Waals surface area contributed by atoms with Gasteiger partial charge < -0.3 is 52.7 Å². The van der Waals surface area contributed by atoms with Crippen molar-refractivity contribution in [3.63, 3.8) is 0 Å². The van der Waals surface area contributed by atoms with E-state index in [0.29, 0.717) is 27.6 Å². The fraction of sp³-hybridized carbons (Fsp3) is 0.304. The molecule has 3 N–H and O–H groups in total. The molecule has 0 saturated carbocycles. The number of aromatic nitrogens is 2. The van der Waals surface area contributed by atoms with Crippen molar-refractivity contribution in [2.24, 2.45) is 0 Å². The Morgan fingerprint density at radius 1 is 0.642 bits per heavy atom. The number of hydrogen-bond acceptors (Lipinski definition) is 15. The quantitative estimate of drug-likeness (QED) is 0.0685. The van der Waals surface area contributed by atoms with Crippen LogP contribution in [0.15, 0.2) is 85.2 Å².